The van der Waals surface area contributed by atoms with Crippen LogP contribution in [0.3, 0.4) is 0 Å². The molecule has 2 rings (SSSR count). The van der Waals surface area contributed by atoms with Gasteiger partial charge in [-0.1, -0.05) is 32.4 Å². The quantitative estimate of drug-likeness (QED) is 0.737. The second-order valence-electron chi connectivity index (χ2n) is 5.11. The van der Waals surface area contributed by atoms with E-state index in [1.54, 1.807) is 0 Å². The molecule has 2 atom stereocenters. The first-order chi connectivity index (χ1) is 8.33. The molecule has 0 bridgehead atoms. The molecule has 1 fully saturated rings. The number of hydrogen-bond donors (Lipinski definition) is 0. The molecule has 0 N–H and O–H groups in total. The minimum atomic E-state index is 0.446. The summed E-state index contributed by atoms with van der Waals surface area (Å²) < 4.78 is 6.16. The summed E-state index contributed by atoms with van der Waals surface area (Å²) in [6.07, 6.45) is 8.07. The van der Waals surface area contributed by atoms with Gasteiger partial charge in [-0.15, -0.1) is 0 Å². The van der Waals surface area contributed by atoms with Crippen LogP contribution in [0.25, 0.3) is 0 Å². The lowest BCUT2D eigenvalue weighted by molar-refractivity contribution is 0.0904. The Morgan fingerprint density at radius 2 is 1.76 bits per heavy atom. The zero-order valence-corrected chi connectivity index (χ0v) is 11.1. The van der Waals surface area contributed by atoms with Crippen LogP contribution in [0.4, 0.5) is 0 Å². The fraction of sp³-hybridized carbons (Fsp3) is 0.625. The fourth-order valence-corrected chi connectivity index (χ4v) is 2.77. The normalized spacial score (nSPS) is 24.6. The third kappa shape index (κ3) is 3.24. The third-order valence-electron chi connectivity index (χ3n) is 3.98. The second kappa shape index (κ2) is 6.09. The molecule has 1 aliphatic carbocycles. The predicted molar refractivity (Wildman–Crippen MR) is 72.5 cm³/mol. The zero-order valence-electron chi connectivity index (χ0n) is 11.1. The number of hydrogen-bond acceptors (Lipinski definition) is 1. The molecular formula is C16H24O. The van der Waals surface area contributed by atoms with Gasteiger partial charge in [0.05, 0.1) is 0 Å². The molecule has 17 heavy (non-hydrogen) atoms. The maximum atomic E-state index is 6.16. The molecule has 1 saturated carbocycles. The van der Waals surface area contributed by atoms with Crippen LogP contribution in [0, 0.1) is 5.92 Å². The van der Waals surface area contributed by atoms with Crippen molar-refractivity contribution in [2.45, 2.75) is 58.5 Å². The lowest BCUT2D eigenvalue weighted by Crippen LogP contribution is -2.29. The van der Waals surface area contributed by atoms with Gasteiger partial charge >= 0.3 is 0 Å². The van der Waals surface area contributed by atoms with Crippen LogP contribution in [0.15, 0.2) is 24.3 Å². The van der Waals surface area contributed by atoms with Crippen molar-refractivity contribution in [3.8, 4) is 5.75 Å². The molecule has 1 nitrogen and oxygen atoms in total. The molecule has 94 valence electrons. The van der Waals surface area contributed by atoms with E-state index in [4.69, 9.17) is 4.74 Å². The second-order valence-corrected chi connectivity index (χ2v) is 5.11. The van der Waals surface area contributed by atoms with Crippen LogP contribution < -0.4 is 4.74 Å². The van der Waals surface area contributed by atoms with Crippen LogP contribution in [0.5, 0.6) is 5.75 Å². The Labute approximate surface area is 105 Å². The summed E-state index contributed by atoms with van der Waals surface area (Å²) in [6, 6.07) is 8.61. The maximum Gasteiger partial charge on any atom is 0.119 e. The lowest BCUT2D eigenvalue weighted by atomic mass is 9.85. The Morgan fingerprint density at radius 1 is 1.06 bits per heavy atom. The predicted octanol–water partition coefficient (Wildman–Crippen LogP) is 4.60. The number of benzene rings is 1. The van der Waals surface area contributed by atoms with E-state index in [-0.39, 0.29) is 0 Å². The van der Waals surface area contributed by atoms with Crippen LogP contribution >= 0.6 is 0 Å². The molecule has 0 aromatic heterocycles. The first kappa shape index (κ1) is 12.5. The van der Waals surface area contributed by atoms with E-state index >= 15 is 0 Å². The van der Waals surface area contributed by atoms with Crippen molar-refractivity contribution in [3.63, 3.8) is 0 Å². The summed E-state index contributed by atoms with van der Waals surface area (Å²) in [4.78, 5) is 0. The Balaban J connectivity index is 1.98. The van der Waals surface area contributed by atoms with Crippen LogP contribution in [0.2, 0.25) is 0 Å². The third-order valence-corrected chi connectivity index (χ3v) is 3.98. The molecule has 1 heteroatoms. The summed E-state index contributed by atoms with van der Waals surface area (Å²) in [5.41, 5.74) is 1.38. The van der Waals surface area contributed by atoms with Gasteiger partial charge in [0, 0.05) is 0 Å². The number of ether oxygens (including phenoxy) is 1. The molecular weight excluding hydrogens is 208 g/mol. The fourth-order valence-electron chi connectivity index (χ4n) is 2.77. The molecule has 0 spiro atoms. The van der Waals surface area contributed by atoms with E-state index in [0.717, 1.165) is 18.1 Å². The van der Waals surface area contributed by atoms with E-state index in [2.05, 4.69) is 38.1 Å². The molecule has 0 aliphatic heterocycles. The summed E-state index contributed by atoms with van der Waals surface area (Å²) >= 11 is 0. The van der Waals surface area contributed by atoms with E-state index in [0.29, 0.717) is 6.10 Å². The van der Waals surface area contributed by atoms with Gasteiger partial charge in [-0.3, -0.25) is 0 Å². The van der Waals surface area contributed by atoms with Gasteiger partial charge in [-0.2, -0.15) is 0 Å². The molecule has 1 aliphatic rings. The highest BCUT2D eigenvalue weighted by molar-refractivity contribution is 5.27. The van der Waals surface area contributed by atoms with E-state index in [9.17, 15) is 0 Å². The minimum absolute atomic E-state index is 0.446. The molecule has 2 unspecified atom stereocenters. The largest absolute Gasteiger partial charge is 0.490 e. The van der Waals surface area contributed by atoms with Crippen molar-refractivity contribution < 1.29 is 4.74 Å². The first-order valence-corrected chi connectivity index (χ1v) is 7.09. The van der Waals surface area contributed by atoms with E-state index < -0.39 is 0 Å². The van der Waals surface area contributed by atoms with Gasteiger partial charge in [0.15, 0.2) is 0 Å². The summed E-state index contributed by atoms with van der Waals surface area (Å²) in [7, 11) is 0. The highest BCUT2D eigenvalue weighted by Gasteiger charge is 2.25. The average molecular weight is 232 g/mol. The van der Waals surface area contributed by atoms with Crippen molar-refractivity contribution in [2.24, 2.45) is 5.92 Å². The molecule has 0 amide bonds. The SMILES string of the molecule is CCc1ccc(OC2CCCCC2CC)cc1. The number of rotatable bonds is 4. The minimum Gasteiger partial charge on any atom is -0.490 e. The van der Waals surface area contributed by atoms with Gasteiger partial charge in [0.1, 0.15) is 11.9 Å². The first-order valence-electron chi connectivity index (χ1n) is 7.09. The van der Waals surface area contributed by atoms with Crippen LogP contribution in [-0.2, 0) is 6.42 Å². The topological polar surface area (TPSA) is 9.23 Å². The van der Waals surface area contributed by atoms with Gasteiger partial charge in [0.25, 0.3) is 0 Å². The Morgan fingerprint density at radius 3 is 2.41 bits per heavy atom. The molecule has 1 aromatic rings. The summed E-state index contributed by atoms with van der Waals surface area (Å²) in [5, 5.41) is 0. The molecule has 0 radical (unpaired) electrons. The summed E-state index contributed by atoms with van der Waals surface area (Å²) in [6.45, 7) is 4.47. The van der Waals surface area contributed by atoms with Crippen molar-refractivity contribution in [1.29, 1.82) is 0 Å². The number of aryl methyl sites for hydroxylation is 1. The standard InChI is InChI=1S/C16H24O/c1-3-13-9-11-15(12-10-13)17-16-8-6-5-7-14(16)4-2/h9-12,14,16H,3-8H2,1-2H3. The monoisotopic (exact) mass is 232 g/mol. The van der Waals surface area contributed by atoms with Crippen molar-refractivity contribution >= 4 is 0 Å². The van der Waals surface area contributed by atoms with Crippen LogP contribution in [0.1, 0.15) is 51.5 Å². The van der Waals surface area contributed by atoms with Gasteiger partial charge < -0.3 is 4.74 Å². The Hall–Kier alpha value is -0.980. The Kier molecular flexibility index (Phi) is 4.47. The highest BCUT2D eigenvalue weighted by atomic mass is 16.5. The van der Waals surface area contributed by atoms with Gasteiger partial charge in [-0.25, -0.2) is 0 Å². The van der Waals surface area contributed by atoms with Crippen LogP contribution in [-0.4, -0.2) is 6.10 Å². The van der Waals surface area contributed by atoms with E-state index in [1.165, 1.54) is 37.7 Å². The molecule has 1 aromatic carbocycles. The lowest BCUT2D eigenvalue weighted by Gasteiger charge is -2.31. The average Bonchev–Trinajstić information content (AvgIpc) is 2.40. The summed E-state index contributed by atoms with van der Waals surface area (Å²) in [5.74, 6) is 1.81. The molecule has 0 heterocycles. The highest BCUT2D eigenvalue weighted by Crippen LogP contribution is 2.30. The maximum absolute atomic E-state index is 6.16. The van der Waals surface area contributed by atoms with Gasteiger partial charge in [-0.05, 0) is 55.7 Å². The van der Waals surface area contributed by atoms with Gasteiger partial charge in [0.2, 0.25) is 0 Å². The smallest absolute Gasteiger partial charge is 0.119 e. The van der Waals surface area contributed by atoms with Crippen molar-refractivity contribution in [2.75, 3.05) is 0 Å². The zero-order chi connectivity index (χ0) is 12.1. The molecule has 0 saturated heterocycles. The Bertz CT molecular complexity index is 328. The van der Waals surface area contributed by atoms with E-state index in [1.807, 2.05) is 0 Å². The van der Waals surface area contributed by atoms with Crippen molar-refractivity contribution in [3.05, 3.63) is 29.8 Å². The van der Waals surface area contributed by atoms with Crippen molar-refractivity contribution in [1.82, 2.24) is 0 Å².